The number of aromatic nitrogens is 1. The first kappa shape index (κ1) is 21.3. The number of hydrogen-bond donors (Lipinski definition) is 1. The summed E-state index contributed by atoms with van der Waals surface area (Å²) in [5.74, 6) is 2.86. The van der Waals surface area contributed by atoms with Crippen molar-refractivity contribution in [2.75, 3.05) is 20.7 Å². The lowest BCUT2D eigenvalue weighted by atomic mass is 9.47. The van der Waals surface area contributed by atoms with Gasteiger partial charge in [0.2, 0.25) is 0 Å². The van der Waals surface area contributed by atoms with E-state index in [1.165, 1.54) is 36.0 Å². The monoisotopic (exact) mass is 408 g/mol. The fraction of sp³-hybridized carbons (Fsp3) is 0.615. The highest BCUT2D eigenvalue weighted by Gasteiger charge is 2.56. The Morgan fingerprint density at radius 3 is 2.83 bits per heavy atom. The Labute approximate surface area is 181 Å². The van der Waals surface area contributed by atoms with Crippen LogP contribution in [0.1, 0.15) is 57.9 Å². The van der Waals surface area contributed by atoms with Gasteiger partial charge in [-0.05, 0) is 104 Å². The molecule has 4 unspecified atom stereocenters. The van der Waals surface area contributed by atoms with Crippen LogP contribution in [-0.4, -0.2) is 32.0 Å². The van der Waals surface area contributed by atoms with Crippen molar-refractivity contribution in [1.82, 2.24) is 10.3 Å². The Bertz CT molecular complexity index is 860. The lowest BCUT2D eigenvalue weighted by molar-refractivity contribution is -0.104. The normalized spacial score (nSPS) is 36.7. The number of nitrogens with zero attached hydrogens (tertiary/aromatic N) is 1. The molecule has 4 nitrogen and oxygen atoms in total. The van der Waals surface area contributed by atoms with E-state index >= 15 is 0 Å². The van der Waals surface area contributed by atoms with Crippen LogP contribution >= 0.6 is 0 Å². The predicted molar refractivity (Wildman–Crippen MR) is 121 cm³/mol. The van der Waals surface area contributed by atoms with Crippen molar-refractivity contribution >= 4 is 11.9 Å². The van der Waals surface area contributed by atoms with Crippen LogP contribution in [-0.2, 0) is 4.79 Å². The number of carbonyl (C=O) groups is 1. The van der Waals surface area contributed by atoms with E-state index < -0.39 is 0 Å². The number of rotatable bonds is 6. The summed E-state index contributed by atoms with van der Waals surface area (Å²) in [5, 5.41) is 3.35. The van der Waals surface area contributed by atoms with Crippen LogP contribution in [0, 0.1) is 28.6 Å². The summed E-state index contributed by atoms with van der Waals surface area (Å²) in [6.07, 6.45) is 16.1. The van der Waals surface area contributed by atoms with Crippen LogP contribution in [0.15, 0.2) is 36.2 Å². The lowest BCUT2D eigenvalue weighted by Gasteiger charge is -2.57. The summed E-state index contributed by atoms with van der Waals surface area (Å²) in [6.45, 7) is 5.90. The van der Waals surface area contributed by atoms with Crippen molar-refractivity contribution in [3.8, 4) is 5.75 Å². The number of aldehydes is 1. The topological polar surface area (TPSA) is 51.2 Å². The summed E-state index contributed by atoms with van der Waals surface area (Å²) in [5.41, 5.74) is 4.37. The molecule has 1 aromatic rings. The van der Waals surface area contributed by atoms with Gasteiger partial charge in [0, 0.05) is 6.20 Å². The molecule has 2 fully saturated rings. The zero-order valence-corrected chi connectivity index (χ0v) is 18.9. The van der Waals surface area contributed by atoms with E-state index in [2.05, 4.69) is 36.3 Å². The molecule has 0 radical (unpaired) electrons. The number of carbonyl (C=O) groups excluding carboxylic acids is 1. The van der Waals surface area contributed by atoms with Gasteiger partial charge in [-0.1, -0.05) is 25.5 Å². The number of fused-ring (bicyclic) bond motifs is 3. The van der Waals surface area contributed by atoms with Crippen LogP contribution in [0.2, 0.25) is 0 Å². The van der Waals surface area contributed by atoms with Gasteiger partial charge in [0.25, 0.3) is 0 Å². The molecule has 0 aromatic carbocycles. The summed E-state index contributed by atoms with van der Waals surface area (Å²) < 4.78 is 5.44. The molecule has 0 amide bonds. The van der Waals surface area contributed by atoms with E-state index in [9.17, 15) is 4.79 Å². The standard InChI is InChI=1S/C26H36N2O2/c1-25(12-13-27-3)19(10-14-29)5-6-21-23-8-7-22(26(23,2)11-9-24(21)25)18-15-20(30-4)17-28-16-18/h7,10,14-17,21,23-24,27H,5-6,8-9,11-13H2,1-4H3/b19-10-/t21?,23-,24?,25?,26?/m0/s1. The second-order valence-electron chi connectivity index (χ2n) is 9.94. The SMILES string of the molecule is CNCCC1(C)/C(=C\C=O)CCC2C1CCC1(C)C(c3cncc(OC)c3)=CC[C@@H]21. The Hall–Kier alpha value is -1.94. The molecule has 3 aliphatic carbocycles. The number of allylic oxidation sites excluding steroid dienone is 4. The average Bonchev–Trinajstić information content (AvgIpc) is 3.12. The van der Waals surface area contributed by atoms with Gasteiger partial charge < -0.3 is 10.1 Å². The van der Waals surface area contributed by atoms with Gasteiger partial charge in [-0.3, -0.25) is 9.78 Å². The minimum atomic E-state index is 0.119. The third-order valence-electron chi connectivity index (χ3n) is 8.74. The van der Waals surface area contributed by atoms with Crippen LogP contribution in [0.3, 0.4) is 0 Å². The molecule has 2 saturated carbocycles. The van der Waals surface area contributed by atoms with E-state index in [1.807, 2.05) is 19.3 Å². The molecule has 0 saturated heterocycles. The molecule has 162 valence electrons. The van der Waals surface area contributed by atoms with Crippen LogP contribution in [0.4, 0.5) is 0 Å². The number of ether oxygens (including phenoxy) is 1. The van der Waals surface area contributed by atoms with Crippen molar-refractivity contribution in [2.24, 2.45) is 28.6 Å². The van der Waals surface area contributed by atoms with Gasteiger partial charge in [-0.25, -0.2) is 0 Å². The van der Waals surface area contributed by atoms with Crippen LogP contribution < -0.4 is 10.1 Å². The summed E-state index contributed by atoms with van der Waals surface area (Å²) >= 11 is 0. The predicted octanol–water partition coefficient (Wildman–Crippen LogP) is 5.06. The van der Waals surface area contributed by atoms with Gasteiger partial charge in [0.1, 0.15) is 12.0 Å². The minimum absolute atomic E-state index is 0.119. The van der Waals surface area contributed by atoms with Gasteiger partial charge >= 0.3 is 0 Å². The highest BCUT2D eigenvalue weighted by molar-refractivity contribution is 5.73. The molecular formula is C26H36N2O2. The highest BCUT2D eigenvalue weighted by atomic mass is 16.5. The zero-order valence-electron chi connectivity index (χ0n) is 18.9. The first-order valence-corrected chi connectivity index (χ1v) is 11.5. The minimum Gasteiger partial charge on any atom is -0.495 e. The second kappa shape index (κ2) is 8.30. The Balaban J connectivity index is 1.64. The largest absolute Gasteiger partial charge is 0.495 e. The summed E-state index contributed by atoms with van der Waals surface area (Å²) in [6, 6.07) is 2.14. The number of hydrogen-bond acceptors (Lipinski definition) is 4. The van der Waals surface area contributed by atoms with E-state index in [1.54, 1.807) is 13.3 Å². The van der Waals surface area contributed by atoms with Gasteiger partial charge in [-0.2, -0.15) is 0 Å². The molecule has 0 spiro atoms. The second-order valence-corrected chi connectivity index (χ2v) is 9.94. The molecule has 5 atom stereocenters. The third kappa shape index (κ3) is 3.33. The van der Waals surface area contributed by atoms with Crippen molar-refractivity contribution in [1.29, 1.82) is 0 Å². The Morgan fingerprint density at radius 1 is 1.27 bits per heavy atom. The maximum atomic E-state index is 11.4. The van der Waals surface area contributed by atoms with Crippen molar-refractivity contribution in [3.63, 3.8) is 0 Å². The fourth-order valence-corrected chi connectivity index (χ4v) is 7.11. The van der Waals surface area contributed by atoms with Crippen molar-refractivity contribution < 1.29 is 9.53 Å². The van der Waals surface area contributed by atoms with Crippen LogP contribution in [0.5, 0.6) is 5.75 Å². The maximum Gasteiger partial charge on any atom is 0.142 e. The van der Waals surface area contributed by atoms with E-state index in [0.717, 1.165) is 37.8 Å². The van der Waals surface area contributed by atoms with Crippen molar-refractivity contribution in [2.45, 2.75) is 52.4 Å². The van der Waals surface area contributed by atoms with Crippen molar-refractivity contribution in [3.05, 3.63) is 41.7 Å². The summed E-state index contributed by atoms with van der Waals surface area (Å²) in [7, 11) is 3.73. The number of nitrogens with one attached hydrogen (secondary N) is 1. The fourth-order valence-electron chi connectivity index (χ4n) is 7.11. The molecule has 0 aliphatic heterocycles. The molecule has 1 heterocycles. The maximum absolute atomic E-state index is 11.4. The van der Waals surface area contributed by atoms with Gasteiger partial charge in [0.05, 0.1) is 13.3 Å². The Morgan fingerprint density at radius 2 is 2.10 bits per heavy atom. The lowest BCUT2D eigenvalue weighted by Crippen LogP contribution is -2.49. The van der Waals surface area contributed by atoms with E-state index in [0.29, 0.717) is 17.8 Å². The van der Waals surface area contributed by atoms with Gasteiger partial charge in [-0.15, -0.1) is 0 Å². The van der Waals surface area contributed by atoms with Gasteiger partial charge in [0.15, 0.2) is 0 Å². The molecular weight excluding hydrogens is 372 g/mol. The zero-order chi connectivity index (χ0) is 21.4. The molecule has 3 aliphatic rings. The molecule has 1 aromatic heterocycles. The average molecular weight is 409 g/mol. The molecule has 1 N–H and O–H groups in total. The molecule has 4 rings (SSSR count). The quantitative estimate of drug-likeness (QED) is 0.528. The van der Waals surface area contributed by atoms with E-state index in [-0.39, 0.29) is 10.8 Å². The first-order chi connectivity index (χ1) is 14.5. The molecule has 0 bridgehead atoms. The Kier molecular flexibility index (Phi) is 5.89. The first-order valence-electron chi connectivity index (χ1n) is 11.5. The summed E-state index contributed by atoms with van der Waals surface area (Å²) in [4.78, 5) is 15.8. The van der Waals surface area contributed by atoms with Crippen LogP contribution in [0.25, 0.3) is 5.57 Å². The molecule has 30 heavy (non-hydrogen) atoms. The third-order valence-corrected chi connectivity index (χ3v) is 8.74. The number of pyridine rings is 1. The highest BCUT2D eigenvalue weighted by Crippen LogP contribution is 2.66. The number of methoxy groups -OCH3 is 1. The van der Waals surface area contributed by atoms with E-state index in [4.69, 9.17) is 4.74 Å². The smallest absolute Gasteiger partial charge is 0.142 e. The molecule has 4 heteroatoms.